The van der Waals surface area contributed by atoms with Crippen LogP contribution in [0.2, 0.25) is 0 Å². The third-order valence-electron chi connectivity index (χ3n) is 3.68. The summed E-state index contributed by atoms with van der Waals surface area (Å²) in [4.78, 5) is 16.6. The highest BCUT2D eigenvalue weighted by Gasteiger charge is 2.16. The second-order valence-electron chi connectivity index (χ2n) is 5.60. The second-order valence-corrected chi connectivity index (χ2v) is 7.75. The Labute approximate surface area is 162 Å². The lowest BCUT2D eigenvalue weighted by molar-refractivity contribution is -0.113. The summed E-state index contributed by atoms with van der Waals surface area (Å²) in [5.74, 6) is 1.15. The minimum absolute atomic E-state index is 0.108. The van der Waals surface area contributed by atoms with Crippen LogP contribution in [-0.2, 0) is 4.79 Å². The number of carbonyl (C=O) groups excluding carboxylic acids is 1. The number of nitrogens with one attached hydrogen (secondary N) is 1. The van der Waals surface area contributed by atoms with Crippen LogP contribution in [0, 0.1) is 18.3 Å². The Morgan fingerprint density at radius 2 is 2.07 bits per heavy atom. The van der Waals surface area contributed by atoms with Gasteiger partial charge < -0.3 is 9.47 Å². The molecule has 3 heterocycles. The van der Waals surface area contributed by atoms with Crippen molar-refractivity contribution < 1.29 is 14.3 Å². The fourth-order valence-corrected chi connectivity index (χ4v) is 3.89. The van der Waals surface area contributed by atoms with Gasteiger partial charge in [0.25, 0.3) is 0 Å². The van der Waals surface area contributed by atoms with Gasteiger partial charge in [0.1, 0.15) is 29.3 Å². The predicted molar refractivity (Wildman–Crippen MR) is 101 cm³/mol. The summed E-state index contributed by atoms with van der Waals surface area (Å²) >= 11 is 2.50. The molecule has 136 valence electrons. The molecule has 0 atom stereocenters. The minimum Gasteiger partial charge on any atom is -0.486 e. The van der Waals surface area contributed by atoms with Crippen molar-refractivity contribution in [1.82, 2.24) is 15.2 Å². The third-order valence-corrected chi connectivity index (χ3v) is 5.42. The maximum Gasteiger partial charge on any atom is 0.236 e. The lowest BCUT2D eigenvalue weighted by Gasteiger charge is -2.18. The Morgan fingerprint density at radius 3 is 2.78 bits per heavy atom. The molecule has 0 spiro atoms. The van der Waals surface area contributed by atoms with Crippen molar-refractivity contribution in [2.45, 2.75) is 11.9 Å². The molecule has 4 rings (SSSR count). The van der Waals surface area contributed by atoms with Gasteiger partial charge >= 0.3 is 0 Å². The fraction of sp³-hybridized carbons (Fsp3) is 0.235. The number of pyridine rings is 1. The summed E-state index contributed by atoms with van der Waals surface area (Å²) in [5, 5.41) is 22.3. The lowest BCUT2D eigenvalue weighted by atomic mass is 10.1. The summed E-state index contributed by atoms with van der Waals surface area (Å²) in [6.07, 6.45) is 0. The van der Waals surface area contributed by atoms with Crippen LogP contribution >= 0.6 is 23.1 Å². The molecule has 0 fully saturated rings. The quantitative estimate of drug-likeness (QED) is 0.667. The zero-order valence-electron chi connectivity index (χ0n) is 14.2. The van der Waals surface area contributed by atoms with Gasteiger partial charge in [-0.25, -0.2) is 4.98 Å². The van der Waals surface area contributed by atoms with Gasteiger partial charge in [0.15, 0.2) is 11.5 Å². The van der Waals surface area contributed by atoms with Crippen LogP contribution in [0.4, 0.5) is 5.13 Å². The van der Waals surface area contributed by atoms with E-state index in [1.54, 1.807) is 12.1 Å². The van der Waals surface area contributed by atoms with E-state index in [0.717, 1.165) is 10.4 Å². The summed E-state index contributed by atoms with van der Waals surface area (Å²) in [6.45, 7) is 2.80. The predicted octanol–water partition coefficient (Wildman–Crippen LogP) is 2.77. The number of carbonyl (C=O) groups is 1. The van der Waals surface area contributed by atoms with Crippen LogP contribution in [0.1, 0.15) is 10.6 Å². The van der Waals surface area contributed by atoms with Gasteiger partial charge in [-0.2, -0.15) is 5.26 Å². The number of ether oxygens (including phenoxy) is 2. The van der Waals surface area contributed by atoms with E-state index in [1.807, 2.05) is 13.0 Å². The largest absolute Gasteiger partial charge is 0.486 e. The Kier molecular flexibility index (Phi) is 4.79. The van der Waals surface area contributed by atoms with E-state index in [4.69, 9.17) is 9.47 Å². The number of rotatable bonds is 4. The molecule has 1 aliphatic heterocycles. The van der Waals surface area contributed by atoms with Crippen LogP contribution in [0.5, 0.6) is 11.5 Å². The lowest BCUT2D eigenvalue weighted by Crippen LogP contribution is -2.15. The maximum absolute atomic E-state index is 12.1. The molecule has 1 amide bonds. The molecule has 0 radical (unpaired) electrons. The molecule has 8 nitrogen and oxygen atoms in total. The van der Waals surface area contributed by atoms with Crippen LogP contribution in [0.15, 0.2) is 23.2 Å². The first-order valence-corrected chi connectivity index (χ1v) is 9.80. The Morgan fingerprint density at radius 1 is 1.30 bits per heavy atom. The highest BCUT2D eigenvalue weighted by Crippen LogP contribution is 2.35. The van der Waals surface area contributed by atoms with Gasteiger partial charge in [-0.1, -0.05) is 23.1 Å². The highest BCUT2D eigenvalue weighted by atomic mass is 32.2. The third kappa shape index (κ3) is 3.79. The first kappa shape index (κ1) is 17.5. The van der Waals surface area contributed by atoms with Crippen molar-refractivity contribution in [2.75, 3.05) is 24.3 Å². The smallest absolute Gasteiger partial charge is 0.236 e. The molecule has 27 heavy (non-hydrogen) atoms. The monoisotopic (exact) mass is 399 g/mol. The number of thioether (sulfide) groups is 1. The molecular formula is C17H13N5O3S2. The van der Waals surface area contributed by atoms with Crippen molar-refractivity contribution in [3.8, 4) is 17.6 Å². The van der Waals surface area contributed by atoms with E-state index >= 15 is 0 Å². The van der Waals surface area contributed by atoms with Crippen molar-refractivity contribution in [1.29, 1.82) is 5.26 Å². The summed E-state index contributed by atoms with van der Waals surface area (Å²) in [5.41, 5.74) is 1.09. The van der Waals surface area contributed by atoms with Crippen molar-refractivity contribution in [3.05, 3.63) is 28.8 Å². The second kappa shape index (κ2) is 7.38. The molecule has 0 unspecified atom stereocenters. The Bertz CT molecular complexity index is 1080. The average molecular weight is 399 g/mol. The summed E-state index contributed by atoms with van der Waals surface area (Å²) < 4.78 is 11.2. The van der Waals surface area contributed by atoms with E-state index in [-0.39, 0.29) is 11.7 Å². The van der Waals surface area contributed by atoms with Crippen molar-refractivity contribution in [3.63, 3.8) is 0 Å². The number of nitrogens with zero attached hydrogens (tertiary/aromatic N) is 4. The van der Waals surface area contributed by atoms with Crippen molar-refractivity contribution >= 4 is 45.0 Å². The Balaban J connectivity index is 1.55. The fourth-order valence-electron chi connectivity index (χ4n) is 2.52. The van der Waals surface area contributed by atoms with Gasteiger partial charge in [0, 0.05) is 11.5 Å². The molecule has 0 bridgehead atoms. The zero-order chi connectivity index (χ0) is 18.8. The van der Waals surface area contributed by atoms with E-state index in [0.29, 0.717) is 46.0 Å². The first-order chi connectivity index (χ1) is 13.1. The van der Waals surface area contributed by atoms with Crippen molar-refractivity contribution in [2.24, 2.45) is 0 Å². The van der Waals surface area contributed by atoms with Gasteiger partial charge in [0.2, 0.25) is 11.0 Å². The van der Waals surface area contributed by atoms with Gasteiger partial charge in [-0.15, -0.1) is 10.2 Å². The number of anilines is 1. The molecule has 1 N–H and O–H groups in total. The number of benzene rings is 1. The number of aromatic nitrogens is 3. The number of hydrogen-bond donors (Lipinski definition) is 1. The van der Waals surface area contributed by atoms with Crippen LogP contribution in [0.25, 0.3) is 10.9 Å². The maximum atomic E-state index is 12.1. The SMILES string of the molecule is Cc1nnc(NC(=O)CSc2nc3cc4c(cc3cc2C#N)OCCO4)s1. The minimum atomic E-state index is -0.232. The van der Waals surface area contributed by atoms with E-state index < -0.39 is 0 Å². The number of nitriles is 1. The van der Waals surface area contributed by atoms with Gasteiger partial charge in [-0.3, -0.25) is 10.1 Å². The Hall–Kier alpha value is -2.90. The number of amides is 1. The molecule has 0 saturated carbocycles. The number of fused-ring (bicyclic) bond motifs is 2. The molecular weight excluding hydrogens is 386 g/mol. The standard InChI is InChI=1S/C17H13N5O3S2/c1-9-21-22-17(27-9)20-15(23)8-26-16-11(7-18)4-10-5-13-14(6-12(10)19-16)25-3-2-24-13/h4-6H,2-3,8H2,1H3,(H,20,22,23). The summed E-state index contributed by atoms with van der Waals surface area (Å²) in [6, 6.07) is 7.49. The molecule has 0 aliphatic carbocycles. The summed E-state index contributed by atoms with van der Waals surface area (Å²) in [7, 11) is 0. The van der Waals surface area contributed by atoms with Gasteiger partial charge in [-0.05, 0) is 19.1 Å². The van der Waals surface area contributed by atoms with Crippen LogP contribution < -0.4 is 14.8 Å². The topological polar surface area (TPSA) is 110 Å². The molecule has 0 saturated heterocycles. The molecule has 10 heteroatoms. The van der Waals surface area contributed by atoms with Crippen LogP contribution in [0.3, 0.4) is 0 Å². The molecule has 3 aromatic rings. The zero-order valence-corrected chi connectivity index (χ0v) is 15.8. The van der Waals surface area contributed by atoms with E-state index in [1.165, 1.54) is 23.1 Å². The van der Waals surface area contributed by atoms with E-state index in [9.17, 15) is 10.1 Å². The average Bonchev–Trinajstić information content (AvgIpc) is 3.08. The normalized spacial score (nSPS) is 12.6. The number of hydrogen-bond acceptors (Lipinski definition) is 9. The van der Waals surface area contributed by atoms with Gasteiger partial charge in [0.05, 0.1) is 16.8 Å². The molecule has 1 aromatic carbocycles. The highest BCUT2D eigenvalue weighted by molar-refractivity contribution is 8.00. The first-order valence-electron chi connectivity index (χ1n) is 7.99. The van der Waals surface area contributed by atoms with Crippen LogP contribution in [-0.4, -0.2) is 40.1 Å². The molecule has 2 aromatic heterocycles. The number of aryl methyl sites for hydroxylation is 1. The molecule has 1 aliphatic rings. The van der Waals surface area contributed by atoms with E-state index in [2.05, 4.69) is 26.6 Å².